The largest absolute Gasteiger partial charge is 0.491 e. The summed E-state index contributed by atoms with van der Waals surface area (Å²) in [5.41, 5.74) is 0. The highest BCUT2D eigenvalue weighted by Gasteiger charge is 2.01. The van der Waals surface area contributed by atoms with Gasteiger partial charge in [-0.25, -0.2) is 0 Å². The molecule has 0 radical (unpaired) electrons. The molecule has 2 aromatic carbocycles. The highest BCUT2D eigenvalue weighted by Crippen LogP contribution is 2.20. The summed E-state index contributed by atoms with van der Waals surface area (Å²) >= 11 is 0. The fourth-order valence-corrected chi connectivity index (χ4v) is 3.51. The summed E-state index contributed by atoms with van der Waals surface area (Å²) in [7, 11) is 0. The minimum atomic E-state index is 0.454. The van der Waals surface area contributed by atoms with E-state index in [0.717, 1.165) is 42.3 Å². The van der Waals surface area contributed by atoms with Crippen LogP contribution in [0.2, 0.25) is 0 Å². The Morgan fingerprint density at radius 2 is 0.605 bits per heavy atom. The minimum Gasteiger partial charge on any atom is -0.491 e. The summed E-state index contributed by atoms with van der Waals surface area (Å²) in [6, 6.07) is 15.2. The third kappa shape index (κ3) is 14.4. The molecule has 0 atom stereocenters. The SMILES string of the molecule is c1cc2cc(c1)OCCOCCOCCOCCOc1cccc(c1)OCCOCCCCCOCCO2. The molecule has 38 heavy (non-hydrogen) atoms. The minimum absolute atomic E-state index is 0.454. The van der Waals surface area contributed by atoms with Crippen LogP contribution in [0, 0.1) is 0 Å². The monoisotopic (exact) mass is 534 g/mol. The zero-order valence-electron chi connectivity index (χ0n) is 22.3. The molecule has 0 aromatic heterocycles. The van der Waals surface area contributed by atoms with Gasteiger partial charge in [0.15, 0.2) is 0 Å². The van der Waals surface area contributed by atoms with Crippen molar-refractivity contribution < 1.29 is 42.6 Å². The van der Waals surface area contributed by atoms with E-state index < -0.39 is 0 Å². The zero-order valence-corrected chi connectivity index (χ0v) is 22.3. The number of hydrogen-bond acceptors (Lipinski definition) is 9. The number of rotatable bonds is 0. The van der Waals surface area contributed by atoms with Crippen LogP contribution in [0.15, 0.2) is 48.5 Å². The molecule has 0 N–H and O–H groups in total. The summed E-state index contributed by atoms with van der Waals surface area (Å²) in [5.74, 6) is 3.01. The summed E-state index contributed by atoms with van der Waals surface area (Å²) in [6.45, 7) is 7.39. The summed E-state index contributed by atoms with van der Waals surface area (Å²) in [5, 5.41) is 0. The van der Waals surface area contributed by atoms with Crippen molar-refractivity contribution in [2.45, 2.75) is 19.3 Å². The average molecular weight is 535 g/mol. The fourth-order valence-electron chi connectivity index (χ4n) is 3.51. The van der Waals surface area contributed by atoms with E-state index in [1.54, 1.807) is 0 Å². The molecule has 2 aromatic rings. The third-order valence-corrected chi connectivity index (χ3v) is 5.42. The van der Waals surface area contributed by atoms with Crippen LogP contribution >= 0.6 is 0 Å². The Balaban J connectivity index is 1.34. The van der Waals surface area contributed by atoms with E-state index in [9.17, 15) is 0 Å². The van der Waals surface area contributed by atoms with Crippen LogP contribution in [0.1, 0.15) is 19.3 Å². The van der Waals surface area contributed by atoms with Crippen molar-refractivity contribution in [2.75, 3.05) is 92.5 Å². The lowest BCUT2D eigenvalue weighted by atomic mass is 10.2. The molecule has 1 aliphatic heterocycles. The van der Waals surface area contributed by atoms with Crippen LogP contribution in [0.4, 0.5) is 0 Å². The van der Waals surface area contributed by atoms with Crippen molar-refractivity contribution in [2.24, 2.45) is 0 Å². The standard InChI is InChI=1S/C29H42O9/c1-2-10-30-16-20-35-26-6-4-8-28(24-26)37-22-18-33-14-12-32-13-15-34-19-23-38-29-9-5-7-27(25-29)36-21-17-31-11-3-1/h4-9,24-25H,1-3,10-23H2. The highest BCUT2D eigenvalue weighted by atomic mass is 16.6. The van der Waals surface area contributed by atoms with Gasteiger partial charge in [0.2, 0.25) is 0 Å². The van der Waals surface area contributed by atoms with Crippen molar-refractivity contribution in [3.8, 4) is 23.0 Å². The van der Waals surface area contributed by atoms with Gasteiger partial charge in [-0.2, -0.15) is 0 Å². The van der Waals surface area contributed by atoms with E-state index in [1.165, 1.54) is 0 Å². The molecule has 1 aliphatic rings. The smallest absolute Gasteiger partial charge is 0.123 e. The highest BCUT2D eigenvalue weighted by molar-refractivity contribution is 5.33. The van der Waals surface area contributed by atoms with E-state index in [4.69, 9.17) is 42.6 Å². The van der Waals surface area contributed by atoms with Gasteiger partial charge in [0.05, 0.1) is 52.9 Å². The van der Waals surface area contributed by atoms with E-state index in [2.05, 4.69) is 0 Å². The van der Waals surface area contributed by atoms with Gasteiger partial charge in [-0.15, -0.1) is 0 Å². The maximum atomic E-state index is 5.77. The second-order valence-corrected chi connectivity index (χ2v) is 8.47. The van der Waals surface area contributed by atoms with Crippen LogP contribution in [-0.4, -0.2) is 92.5 Å². The van der Waals surface area contributed by atoms with Gasteiger partial charge < -0.3 is 42.6 Å². The molecule has 0 saturated carbocycles. The first-order valence-electron chi connectivity index (χ1n) is 13.5. The van der Waals surface area contributed by atoms with Crippen LogP contribution in [0.3, 0.4) is 0 Å². The van der Waals surface area contributed by atoms with Crippen molar-refractivity contribution >= 4 is 0 Å². The molecule has 1 heterocycles. The van der Waals surface area contributed by atoms with E-state index in [-0.39, 0.29) is 0 Å². The van der Waals surface area contributed by atoms with Crippen LogP contribution < -0.4 is 18.9 Å². The maximum Gasteiger partial charge on any atom is 0.123 e. The van der Waals surface area contributed by atoms with E-state index >= 15 is 0 Å². The number of benzene rings is 2. The molecule has 0 unspecified atom stereocenters. The van der Waals surface area contributed by atoms with Crippen molar-refractivity contribution in [3.63, 3.8) is 0 Å². The molecule has 9 nitrogen and oxygen atoms in total. The molecule has 4 bridgehead atoms. The number of hydrogen-bond donors (Lipinski definition) is 0. The molecule has 0 fully saturated rings. The Labute approximate surface area is 226 Å². The Morgan fingerprint density at radius 1 is 0.316 bits per heavy atom. The Hall–Kier alpha value is -2.56. The normalized spacial score (nSPS) is 19.2. The molecule has 3 rings (SSSR count). The predicted molar refractivity (Wildman–Crippen MR) is 143 cm³/mol. The second-order valence-electron chi connectivity index (χ2n) is 8.47. The van der Waals surface area contributed by atoms with Gasteiger partial charge in [0.25, 0.3) is 0 Å². The van der Waals surface area contributed by atoms with E-state index in [0.29, 0.717) is 92.5 Å². The molecule has 0 spiro atoms. The van der Waals surface area contributed by atoms with Gasteiger partial charge >= 0.3 is 0 Å². The predicted octanol–water partition coefficient (Wildman–Crippen LogP) is 4.17. The van der Waals surface area contributed by atoms with Crippen molar-refractivity contribution in [1.29, 1.82) is 0 Å². The van der Waals surface area contributed by atoms with Gasteiger partial charge in [0.1, 0.15) is 49.4 Å². The molecule has 0 saturated heterocycles. The molecule has 0 aliphatic carbocycles. The van der Waals surface area contributed by atoms with Crippen LogP contribution in [0.25, 0.3) is 0 Å². The zero-order chi connectivity index (χ0) is 26.4. The van der Waals surface area contributed by atoms with Gasteiger partial charge in [-0.3, -0.25) is 0 Å². The third-order valence-electron chi connectivity index (χ3n) is 5.42. The molecular formula is C29H42O9. The lowest BCUT2D eigenvalue weighted by molar-refractivity contribution is 0.00496. The quantitative estimate of drug-likeness (QED) is 0.495. The lowest BCUT2D eigenvalue weighted by Gasteiger charge is -2.11. The second kappa shape index (κ2) is 20.4. The molecule has 0 amide bonds. The fraction of sp³-hybridized carbons (Fsp3) is 0.586. The van der Waals surface area contributed by atoms with Crippen LogP contribution in [-0.2, 0) is 23.7 Å². The summed E-state index contributed by atoms with van der Waals surface area (Å²) in [4.78, 5) is 0. The first-order valence-corrected chi connectivity index (χ1v) is 13.5. The van der Waals surface area contributed by atoms with E-state index in [1.807, 2.05) is 48.5 Å². The maximum absolute atomic E-state index is 5.77. The Morgan fingerprint density at radius 3 is 0.947 bits per heavy atom. The first-order chi connectivity index (χ1) is 18.9. The van der Waals surface area contributed by atoms with Gasteiger partial charge in [-0.05, 0) is 43.5 Å². The van der Waals surface area contributed by atoms with Crippen LogP contribution in [0.5, 0.6) is 23.0 Å². The Bertz CT molecular complexity index is 720. The number of fused-ring (bicyclic) bond motifs is 4. The molecule has 212 valence electrons. The van der Waals surface area contributed by atoms with Crippen molar-refractivity contribution in [1.82, 2.24) is 0 Å². The topological polar surface area (TPSA) is 83.1 Å². The number of ether oxygens (including phenoxy) is 9. The average Bonchev–Trinajstić information content (AvgIpc) is 2.94. The van der Waals surface area contributed by atoms with Gasteiger partial charge in [0, 0.05) is 25.3 Å². The molecule has 9 heteroatoms. The molecular weight excluding hydrogens is 492 g/mol. The Kier molecular flexibility index (Phi) is 16.1. The summed E-state index contributed by atoms with van der Waals surface area (Å²) < 4.78 is 51.0. The van der Waals surface area contributed by atoms with Gasteiger partial charge in [-0.1, -0.05) is 12.1 Å². The van der Waals surface area contributed by atoms with Crippen molar-refractivity contribution in [3.05, 3.63) is 48.5 Å². The first kappa shape index (κ1) is 30.0. The lowest BCUT2D eigenvalue weighted by Crippen LogP contribution is -2.14. The summed E-state index contributed by atoms with van der Waals surface area (Å²) in [6.07, 6.45) is 3.05.